The van der Waals surface area contributed by atoms with Gasteiger partial charge in [-0.25, -0.2) is 0 Å². The average molecular weight is 549 g/mol. The predicted molar refractivity (Wildman–Crippen MR) is 155 cm³/mol. The Morgan fingerprint density at radius 3 is 2.51 bits per heavy atom. The van der Waals surface area contributed by atoms with Crippen LogP contribution in [0.3, 0.4) is 0 Å². The summed E-state index contributed by atoms with van der Waals surface area (Å²) < 4.78 is 2.06. The van der Waals surface area contributed by atoms with Gasteiger partial charge in [0, 0.05) is 40.8 Å². The van der Waals surface area contributed by atoms with E-state index in [9.17, 15) is 9.59 Å². The maximum atomic E-state index is 14.2. The van der Waals surface area contributed by atoms with Crippen LogP contribution >= 0.6 is 11.6 Å². The third-order valence-electron chi connectivity index (χ3n) is 10.9. The zero-order valence-corrected chi connectivity index (χ0v) is 24.6. The minimum Gasteiger partial charge on any atom is -0.361 e. The van der Waals surface area contributed by atoms with Gasteiger partial charge >= 0.3 is 0 Å². The molecule has 0 bridgehead atoms. The van der Waals surface area contributed by atoms with Gasteiger partial charge in [0.2, 0.25) is 0 Å². The van der Waals surface area contributed by atoms with Crippen molar-refractivity contribution in [3.63, 3.8) is 0 Å². The Hall–Kier alpha value is -2.60. The second-order valence-electron chi connectivity index (χ2n) is 13.3. The van der Waals surface area contributed by atoms with Crippen LogP contribution in [0.5, 0.6) is 0 Å². The van der Waals surface area contributed by atoms with Crippen LogP contribution in [0, 0.1) is 29.6 Å². The highest BCUT2D eigenvalue weighted by molar-refractivity contribution is 6.35. The number of aromatic nitrogens is 3. The first-order valence-electron chi connectivity index (χ1n) is 14.6. The number of hydrogen-bond donors (Lipinski definition) is 1. The van der Waals surface area contributed by atoms with Crippen molar-refractivity contribution in [3.8, 4) is 0 Å². The Morgan fingerprint density at radius 1 is 1.15 bits per heavy atom. The van der Waals surface area contributed by atoms with E-state index in [-0.39, 0.29) is 29.2 Å². The van der Waals surface area contributed by atoms with Crippen molar-refractivity contribution in [2.75, 3.05) is 6.54 Å². The Kier molecular flexibility index (Phi) is 6.48. The first-order valence-corrected chi connectivity index (χ1v) is 15.0. The van der Waals surface area contributed by atoms with E-state index in [1.807, 2.05) is 31.3 Å². The molecule has 3 saturated carbocycles. The summed E-state index contributed by atoms with van der Waals surface area (Å²) in [6.07, 6.45) is 10.3. The highest BCUT2D eigenvalue weighted by Gasteiger charge is 2.63. The molecule has 3 fully saturated rings. The largest absolute Gasteiger partial charge is 0.361 e. The van der Waals surface area contributed by atoms with Crippen LogP contribution in [0.2, 0.25) is 5.02 Å². The van der Waals surface area contributed by atoms with E-state index in [0.29, 0.717) is 29.4 Å². The van der Waals surface area contributed by atoms with Crippen molar-refractivity contribution < 1.29 is 9.59 Å². The molecule has 1 aromatic carbocycles. The van der Waals surface area contributed by atoms with Gasteiger partial charge < -0.3 is 9.88 Å². The molecule has 1 amide bonds. The summed E-state index contributed by atoms with van der Waals surface area (Å²) >= 11 is 6.56. The number of H-pyrrole nitrogens is 1. The van der Waals surface area contributed by atoms with Crippen LogP contribution in [-0.4, -0.2) is 43.9 Å². The molecule has 0 saturated heterocycles. The summed E-state index contributed by atoms with van der Waals surface area (Å²) in [6.45, 7) is 11.2. The molecule has 0 spiro atoms. The highest BCUT2D eigenvalue weighted by Crippen LogP contribution is 2.67. The van der Waals surface area contributed by atoms with Crippen molar-refractivity contribution in [1.29, 1.82) is 0 Å². The van der Waals surface area contributed by atoms with E-state index in [1.165, 1.54) is 0 Å². The minimum atomic E-state index is -0.227. The summed E-state index contributed by atoms with van der Waals surface area (Å²) in [5, 5.41) is 6.54. The number of ketones is 1. The van der Waals surface area contributed by atoms with Crippen molar-refractivity contribution in [3.05, 3.63) is 52.4 Å². The van der Waals surface area contributed by atoms with Gasteiger partial charge in [-0.15, -0.1) is 0 Å². The summed E-state index contributed by atoms with van der Waals surface area (Å²) in [7, 11) is 0. The number of nitrogens with one attached hydrogen (secondary N) is 1. The van der Waals surface area contributed by atoms with Crippen molar-refractivity contribution in [2.24, 2.45) is 22.7 Å². The molecule has 6 rings (SSSR count). The lowest BCUT2D eigenvalue weighted by molar-refractivity contribution is -0.127. The van der Waals surface area contributed by atoms with E-state index in [1.54, 1.807) is 13.1 Å². The fourth-order valence-corrected chi connectivity index (χ4v) is 8.11. The third-order valence-corrected chi connectivity index (χ3v) is 11.2. The molecular weight excluding hydrogens is 508 g/mol. The summed E-state index contributed by atoms with van der Waals surface area (Å²) in [6, 6.07) is 6.43. The van der Waals surface area contributed by atoms with Gasteiger partial charge in [-0.1, -0.05) is 38.4 Å². The number of fused-ring (bicyclic) bond motifs is 2. The molecule has 2 aromatic heterocycles. The zero-order chi connectivity index (χ0) is 27.7. The number of hydrogen-bond acceptors (Lipinski definition) is 3. The fraction of sp³-hybridized carbons (Fsp3) is 0.594. The number of benzene rings is 1. The molecule has 39 heavy (non-hydrogen) atoms. The van der Waals surface area contributed by atoms with Gasteiger partial charge in [0.05, 0.1) is 22.8 Å². The molecular formula is C32H41ClN4O2. The third kappa shape index (κ3) is 4.43. The van der Waals surface area contributed by atoms with Crippen molar-refractivity contribution in [1.82, 2.24) is 19.7 Å². The number of nitrogens with zero attached hydrogens (tertiary/aromatic N) is 3. The molecule has 6 nitrogen and oxygen atoms in total. The van der Waals surface area contributed by atoms with Gasteiger partial charge in [0.15, 0.2) is 0 Å². The second-order valence-corrected chi connectivity index (χ2v) is 13.7. The minimum absolute atomic E-state index is 0.0955. The normalized spacial score (nSPS) is 29.4. The molecule has 3 aromatic rings. The Balaban J connectivity index is 1.23. The lowest BCUT2D eigenvalue weighted by Crippen LogP contribution is -2.42. The van der Waals surface area contributed by atoms with Crippen molar-refractivity contribution in [2.45, 2.75) is 91.6 Å². The number of carbonyl (C=O) groups is 2. The summed E-state index contributed by atoms with van der Waals surface area (Å²) in [4.78, 5) is 31.8. The Labute approximate surface area is 236 Å². The SMILES string of the molecule is CC(=O)C1(C)CCC(n2ncc(C(=O)N(CCc3c[nH]c4cccc(Cl)c34)C3C[C@@H]4[C@H](C3)C4(C)C)c2C)CC1. The maximum absolute atomic E-state index is 14.2. The smallest absolute Gasteiger partial charge is 0.257 e. The quantitative estimate of drug-likeness (QED) is 0.340. The molecule has 3 atom stereocenters. The number of amides is 1. The molecule has 7 heteroatoms. The molecule has 2 heterocycles. The first kappa shape index (κ1) is 26.6. The number of rotatable bonds is 7. The van der Waals surface area contributed by atoms with Crippen LogP contribution in [0.15, 0.2) is 30.6 Å². The summed E-state index contributed by atoms with van der Waals surface area (Å²) in [5.41, 5.74) is 4.03. The van der Waals surface area contributed by atoms with E-state index in [4.69, 9.17) is 16.7 Å². The van der Waals surface area contributed by atoms with Crippen LogP contribution < -0.4 is 0 Å². The van der Waals surface area contributed by atoms with Gasteiger partial charge in [-0.2, -0.15) is 5.10 Å². The highest BCUT2D eigenvalue weighted by atomic mass is 35.5. The van der Waals surface area contributed by atoms with E-state index in [0.717, 1.165) is 72.1 Å². The number of aromatic amines is 1. The van der Waals surface area contributed by atoms with Gasteiger partial charge in [-0.05, 0) is 93.7 Å². The Morgan fingerprint density at radius 2 is 1.85 bits per heavy atom. The standard InChI is InChI=1S/C32H41ClN4O2/c1-19-24(18-35-37(19)22-9-12-32(5,13-10-22)20(2)38)30(39)36(23-15-25-26(16-23)31(25,3)4)14-11-21-17-34-28-8-6-7-27(33)29(21)28/h6-8,17-18,22-23,25-26,34H,9-16H2,1-5H3/t22?,23?,25-,26+,32?. The van der Waals surface area contributed by atoms with E-state index >= 15 is 0 Å². The molecule has 0 aliphatic heterocycles. The number of Topliss-reactive ketones (excluding diaryl/α,β-unsaturated/α-hetero) is 1. The molecule has 1 unspecified atom stereocenters. The van der Waals surface area contributed by atoms with E-state index < -0.39 is 0 Å². The molecule has 3 aliphatic carbocycles. The predicted octanol–water partition coefficient (Wildman–Crippen LogP) is 7.16. The van der Waals surface area contributed by atoms with Gasteiger partial charge in [0.25, 0.3) is 5.91 Å². The summed E-state index contributed by atoms with van der Waals surface area (Å²) in [5.74, 6) is 1.79. The number of carbonyl (C=O) groups excluding carboxylic acids is 2. The second kappa shape index (κ2) is 9.50. The topological polar surface area (TPSA) is 71.0 Å². The van der Waals surface area contributed by atoms with Gasteiger partial charge in [0.1, 0.15) is 5.78 Å². The average Bonchev–Trinajstić information content (AvgIpc) is 3.43. The monoisotopic (exact) mass is 548 g/mol. The lowest BCUT2D eigenvalue weighted by atomic mass is 9.71. The number of halogens is 1. The molecule has 0 radical (unpaired) electrons. The van der Waals surface area contributed by atoms with Crippen LogP contribution in [0.25, 0.3) is 10.9 Å². The molecule has 208 valence electrons. The Bertz CT molecular complexity index is 1410. The van der Waals surface area contributed by atoms with E-state index in [2.05, 4.69) is 35.3 Å². The first-order chi connectivity index (χ1) is 18.5. The van der Waals surface area contributed by atoms with Crippen molar-refractivity contribution >= 4 is 34.2 Å². The molecule has 3 aliphatic rings. The van der Waals surface area contributed by atoms with Gasteiger partial charge in [-0.3, -0.25) is 14.3 Å². The fourth-order valence-electron chi connectivity index (χ4n) is 7.82. The zero-order valence-electron chi connectivity index (χ0n) is 23.9. The lowest BCUT2D eigenvalue weighted by Gasteiger charge is -2.36. The van der Waals surface area contributed by atoms with Crippen LogP contribution in [0.4, 0.5) is 0 Å². The molecule has 1 N–H and O–H groups in total. The van der Waals surface area contributed by atoms with Crippen LogP contribution in [-0.2, 0) is 11.2 Å². The van der Waals surface area contributed by atoms with Crippen LogP contribution in [0.1, 0.15) is 93.9 Å². The maximum Gasteiger partial charge on any atom is 0.257 e.